The first-order chi connectivity index (χ1) is 9.49. The Kier molecular flexibility index (Phi) is 5.02. The molecule has 20 heavy (non-hydrogen) atoms. The monoisotopic (exact) mass is 311 g/mol. The van der Waals surface area contributed by atoms with Gasteiger partial charge in [-0.05, 0) is 18.4 Å². The van der Waals surface area contributed by atoms with Crippen LogP contribution in [0.3, 0.4) is 0 Å². The highest BCUT2D eigenvalue weighted by molar-refractivity contribution is 7.19. The molecule has 2 N–H and O–H groups in total. The molecule has 0 saturated carbocycles. The Bertz CT molecular complexity index is 609. The van der Waals surface area contributed by atoms with Crippen LogP contribution in [0.1, 0.15) is 25.1 Å². The third kappa shape index (κ3) is 3.51. The van der Waals surface area contributed by atoms with Gasteiger partial charge in [0, 0.05) is 21.5 Å². The fourth-order valence-corrected chi connectivity index (χ4v) is 3.59. The Morgan fingerprint density at radius 2 is 2.10 bits per heavy atom. The van der Waals surface area contributed by atoms with Gasteiger partial charge in [0.2, 0.25) is 0 Å². The molecule has 2 rings (SSSR count). The molecule has 0 fully saturated rings. The summed E-state index contributed by atoms with van der Waals surface area (Å²) in [6.07, 6.45) is 0.609. The summed E-state index contributed by atoms with van der Waals surface area (Å²) >= 11 is 7.96. The van der Waals surface area contributed by atoms with Gasteiger partial charge in [0.25, 0.3) is 0 Å². The lowest BCUT2D eigenvalue weighted by Gasteiger charge is -2.16. The number of carbonyl (C=O) groups is 1. The van der Waals surface area contributed by atoms with Gasteiger partial charge in [-0.3, -0.25) is 10.1 Å². The number of rotatable bonds is 6. The maximum Gasteiger partial charge on any atom is 0.320 e. The van der Waals surface area contributed by atoms with E-state index in [-0.39, 0.29) is 0 Å². The number of benzene rings is 1. The second-order valence-corrected chi connectivity index (χ2v) is 6.75. The maximum absolute atomic E-state index is 11.2. The molecule has 0 aliphatic rings. The van der Waals surface area contributed by atoms with E-state index in [1.54, 1.807) is 11.3 Å². The maximum atomic E-state index is 11.2. The highest BCUT2D eigenvalue weighted by Gasteiger charge is 2.19. The average molecular weight is 312 g/mol. The minimum absolute atomic E-state index is 0.335. The van der Waals surface area contributed by atoms with Gasteiger partial charge in [0.1, 0.15) is 6.04 Å². The number of carboxylic acid groups (broad SMARTS) is 1. The SMILES string of the molecule is CC(C)CC(NCc1sc2ccccc2c1Cl)C(=O)O. The second-order valence-electron chi connectivity index (χ2n) is 5.24. The minimum atomic E-state index is -0.809. The Labute approximate surface area is 127 Å². The molecular weight excluding hydrogens is 294 g/mol. The summed E-state index contributed by atoms with van der Waals surface area (Å²) < 4.78 is 1.13. The molecule has 5 heteroatoms. The fraction of sp³-hybridized carbons (Fsp3) is 0.400. The molecule has 108 valence electrons. The van der Waals surface area contributed by atoms with Crippen LogP contribution in [0.4, 0.5) is 0 Å². The summed E-state index contributed by atoms with van der Waals surface area (Å²) in [7, 11) is 0. The molecule has 1 aromatic heterocycles. The van der Waals surface area contributed by atoms with E-state index < -0.39 is 12.0 Å². The molecule has 1 heterocycles. The summed E-state index contributed by atoms with van der Waals surface area (Å²) in [5.41, 5.74) is 0. The topological polar surface area (TPSA) is 49.3 Å². The average Bonchev–Trinajstić information content (AvgIpc) is 2.71. The van der Waals surface area contributed by atoms with E-state index in [1.165, 1.54) is 0 Å². The van der Waals surface area contributed by atoms with Crippen molar-refractivity contribution in [1.82, 2.24) is 5.32 Å². The first-order valence-electron chi connectivity index (χ1n) is 6.61. The van der Waals surface area contributed by atoms with E-state index in [0.29, 0.717) is 18.9 Å². The molecule has 1 unspecified atom stereocenters. The molecule has 0 bridgehead atoms. The highest BCUT2D eigenvalue weighted by atomic mass is 35.5. The van der Waals surface area contributed by atoms with Gasteiger partial charge in [-0.25, -0.2) is 0 Å². The van der Waals surface area contributed by atoms with Crippen LogP contribution in [0.15, 0.2) is 24.3 Å². The van der Waals surface area contributed by atoms with Crippen LogP contribution < -0.4 is 5.32 Å². The predicted molar refractivity (Wildman–Crippen MR) is 84.6 cm³/mol. The van der Waals surface area contributed by atoms with Gasteiger partial charge < -0.3 is 5.11 Å². The number of hydrogen-bond donors (Lipinski definition) is 2. The van der Waals surface area contributed by atoms with Gasteiger partial charge in [-0.2, -0.15) is 0 Å². The Morgan fingerprint density at radius 1 is 1.40 bits per heavy atom. The van der Waals surface area contributed by atoms with Crippen LogP contribution >= 0.6 is 22.9 Å². The second kappa shape index (κ2) is 6.57. The minimum Gasteiger partial charge on any atom is -0.480 e. The number of carboxylic acids is 1. The largest absolute Gasteiger partial charge is 0.480 e. The fourth-order valence-electron chi connectivity index (χ4n) is 2.14. The predicted octanol–water partition coefficient (Wildman–Crippen LogP) is 4.14. The molecule has 0 saturated heterocycles. The van der Waals surface area contributed by atoms with Crippen molar-refractivity contribution in [1.29, 1.82) is 0 Å². The zero-order valence-electron chi connectivity index (χ0n) is 11.5. The van der Waals surface area contributed by atoms with Crippen LogP contribution in [0, 0.1) is 5.92 Å². The highest BCUT2D eigenvalue weighted by Crippen LogP contribution is 2.35. The summed E-state index contributed by atoms with van der Waals surface area (Å²) in [6, 6.07) is 7.41. The van der Waals surface area contributed by atoms with E-state index >= 15 is 0 Å². The van der Waals surface area contributed by atoms with Crippen molar-refractivity contribution in [2.75, 3.05) is 0 Å². The first-order valence-corrected chi connectivity index (χ1v) is 7.80. The third-order valence-electron chi connectivity index (χ3n) is 3.12. The molecule has 1 aromatic carbocycles. The summed E-state index contributed by atoms with van der Waals surface area (Å²) in [5.74, 6) is -0.475. The molecule has 1 atom stereocenters. The molecule has 0 amide bonds. The van der Waals surface area contributed by atoms with Crippen LogP contribution in [-0.4, -0.2) is 17.1 Å². The lowest BCUT2D eigenvalue weighted by molar-refractivity contribution is -0.140. The van der Waals surface area contributed by atoms with E-state index in [1.807, 2.05) is 38.1 Å². The van der Waals surface area contributed by atoms with Crippen LogP contribution in [0.2, 0.25) is 5.02 Å². The molecule has 0 aliphatic carbocycles. The lowest BCUT2D eigenvalue weighted by atomic mass is 10.0. The molecule has 2 aromatic rings. The van der Waals surface area contributed by atoms with Crippen LogP contribution in [-0.2, 0) is 11.3 Å². The number of aliphatic carboxylic acids is 1. The van der Waals surface area contributed by atoms with Crippen molar-refractivity contribution in [2.45, 2.75) is 32.9 Å². The Hall–Kier alpha value is -1.10. The normalized spacial score (nSPS) is 13.0. The van der Waals surface area contributed by atoms with Gasteiger partial charge in [-0.1, -0.05) is 43.6 Å². The Morgan fingerprint density at radius 3 is 2.70 bits per heavy atom. The van der Waals surface area contributed by atoms with Gasteiger partial charge >= 0.3 is 5.97 Å². The van der Waals surface area contributed by atoms with E-state index in [0.717, 1.165) is 20.0 Å². The van der Waals surface area contributed by atoms with Gasteiger partial charge in [0.05, 0.1) is 5.02 Å². The van der Waals surface area contributed by atoms with Crippen molar-refractivity contribution in [3.05, 3.63) is 34.2 Å². The molecular formula is C15H18ClNO2S. The zero-order chi connectivity index (χ0) is 14.7. The van der Waals surface area contributed by atoms with Crippen molar-refractivity contribution < 1.29 is 9.90 Å². The van der Waals surface area contributed by atoms with Crippen LogP contribution in [0.25, 0.3) is 10.1 Å². The number of thiophene rings is 1. The summed E-state index contributed by atoms with van der Waals surface area (Å²) in [5, 5.41) is 14.1. The standard InChI is InChI=1S/C15H18ClNO2S/c1-9(2)7-11(15(18)19)17-8-13-14(16)10-5-3-4-6-12(10)20-13/h3-6,9,11,17H,7-8H2,1-2H3,(H,18,19). The van der Waals surface area contributed by atoms with Crippen molar-refractivity contribution >= 4 is 39.0 Å². The Balaban J connectivity index is 2.11. The smallest absolute Gasteiger partial charge is 0.320 e. The lowest BCUT2D eigenvalue weighted by Crippen LogP contribution is -2.37. The van der Waals surface area contributed by atoms with Crippen molar-refractivity contribution in [2.24, 2.45) is 5.92 Å². The summed E-state index contributed by atoms with van der Waals surface area (Å²) in [6.45, 7) is 4.52. The molecule has 0 aliphatic heterocycles. The zero-order valence-corrected chi connectivity index (χ0v) is 13.1. The molecule has 3 nitrogen and oxygen atoms in total. The number of fused-ring (bicyclic) bond motifs is 1. The third-order valence-corrected chi connectivity index (χ3v) is 4.83. The first kappa shape index (κ1) is 15.3. The van der Waals surface area contributed by atoms with Crippen molar-refractivity contribution in [3.8, 4) is 0 Å². The quantitative estimate of drug-likeness (QED) is 0.842. The number of halogens is 1. The number of nitrogens with one attached hydrogen (secondary N) is 1. The van der Waals surface area contributed by atoms with E-state index in [2.05, 4.69) is 5.32 Å². The van der Waals surface area contributed by atoms with E-state index in [4.69, 9.17) is 11.6 Å². The summed E-state index contributed by atoms with van der Waals surface area (Å²) in [4.78, 5) is 12.2. The van der Waals surface area contributed by atoms with Crippen molar-refractivity contribution in [3.63, 3.8) is 0 Å². The van der Waals surface area contributed by atoms with Crippen LogP contribution in [0.5, 0.6) is 0 Å². The van der Waals surface area contributed by atoms with Gasteiger partial charge in [0.15, 0.2) is 0 Å². The van der Waals surface area contributed by atoms with Gasteiger partial charge in [-0.15, -0.1) is 11.3 Å². The van der Waals surface area contributed by atoms with E-state index in [9.17, 15) is 9.90 Å². The molecule has 0 spiro atoms. The molecule has 0 radical (unpaired) electrons. The number of hydrogen-bond acceptors (Lipinski definition) is 3.